The molecule has 0 aliphatic heterocycles. The molecule has 0 unspecified atom stereocenters. The first kappa shape index (κ1) is 32.0. The van der Waals surface area contributed by atoms with Crippen molar-refractivity contribution in [2.75, 3.05) is 0 Å². The third-order valence-electron chi connectivity index (χ3n) is 13.2. The van der Waals surface area contributed by atoms with Crippen LogP contribution in [0.5, 0.6) is 0 Å². The zero-order valence-corrected chi connectivity index (χ0v) is 32.0. The Bertz CT molecular complexity index is 3510. The Morgan fingerprint density at radius 2 is 1.05 bits per heavy atom. The van der Waals surface area contributed by atoms with Gasteiger partial charge in [-0.3, -0.25) is 0 Å². The topological polar surface area (TPSA) is 9.86 Å². The quantitative estimate of drug-likeness (QED) is 0.170. The van der Waals surface area contributed by atoms with Crippen molar-refractivity contribution >= 4 is 65.5 Å². The van der Waals surface area contributed by atoms with E-state index in [2.05, 4.69) is 191 Å². The zero-order chi connectivity index (χ0) is 37.9. The third kappa shape index (κ3) is 4.43. The lowest BCUT2D eigenvalue weighted by atomic mass is 9.85. The van der Waals surface area contributed by atoms with Gasteiger partial charge < -0.3 is 9.13 Å². The van der Waals surface area contributed by atoms with Crippen molar-refractivity contribution in [2.24, 2.45) is 0 Å². The van der Waals surface area contributed by atoms with Crippen molar-refractivity contribution in [3.8, 4) is 33.6 Å². The number of fused-ring (bicyclic) bond motifs is 11. The molecule has 0 spiro atoms. The van der Waals surface area contributed by atoms with Crippen molar-refractivity contribution in [2.45, 2.75) is 25.7 Å². The molecule has 0 fully saturated rings. The molecule has 0 N–H and O–H groups in total. The lowest BCUT2D eigenvalue weighted by Gasteiger charge is -2.23. The van der Waals surface area contributed by atoms with Crippen LogP contribution >= 0.6 is 0 Å². The predicted molar refractivity (Wildman–Crippen MR) is 245 cm³/mol. The number of aromatic nitrogens is 2. The summed E-state index contributed by atoms with van der Waals surface area (Å²) in [5.41, 5.74) is 21.0. The standard InChI is InChI=1S/C56H38N2/c1-2-14-35(15-3-1)36-16-12-17-39(32-36)57-50-26-10-8-20-42(50)48-33-37(28-30-52(48)57)38-29-31-53-49(34-38)43-21-9-11-27-51(43)58(53)56-47-23-7-5-19-41(47)45-25-13-24-44-40-18-4-6-22-46(40)55(56)54(44)45/h1-2,4-12,14,16-24,26-34H,3,13,15,25H2. The fourth-order valence-electron chi connectivity index (χ4n) is 10.7. The molecule has 0 radical (unpaired) electrons. The fourth-order valence-corrected chi connectivity index (χ4v) is 10.7. The van der Waals surface area contributed by atoms with Crippen LogP contribution < -0.4 is 0 Å². The molecule has 2 aromatic heterocycles. The summed E-state index contributed by atoms with van der Waals surface area (Å²) in [6, 6.07) is 59.3. The Labute approximate surface area is 336 Å². The van der Waals surface area contributed by atoms with Crippen LogP contribution in [-0.4, -0.2) is 9.13 Å². The van der Waals surface area contributed by atoms with Gasteiger partial charge in [-0.1, -0.05) is 133 Å². The summed E-state index contributed by atoms with van der Waals surface area (Å²) in [5.74, 6) is 0. The maximum absolute atomic E-state index is 2.57. The third-order valence-corrected chi connectivity index (χ3v) is 13.2. The number of hydrogen-bond donors (Lipinski definition) is 0. The number of allylic oxidation sites excluding steroid dienone is 5. The van der Waals surface area contributed by atoms with E-state index in [1.807, 2.05) is 0 Å². The molecule has 0 saturated heterocycles. The van der Waals surface area contributed by atoms with Crippen LogP contribution in [0.4, 0.5) is 0 Å². The average molecular weight is 739 g/mol. The summed E-state index contributed by atoms with van der Waals surface area (Å²) in [5, 5.41) is 7.78. The minimum atomic E-state index is 1.07. The molecule has 3 aliphatic rings. The van der Waals surface area contributed by atoms with E-state index in [1.54, 1.807) is 0 Å². The molecule has 0 amide bonds. The molecule has 3 aliphatic carbocycles. The van der Waals surface area contributed by atoms with Gasteiger partial charge in [-0.15, -0.1) is 0 Å². The molecule has 2 heterocycles. The Morgan fingerprint density at radius 3 is 1.79 bits per heavy atom. The monoisotopic (exact) mass is 738 g/mol. The van der Waals surface area contributed by atoms with Crippen LogP contribution in [0.2, 0.25) is 0 Å². The van der Waals surface area contributed by atoms with Gasteiger partial charge in [0.25, 0.3) is 0 Å². The van der Waals surface area contributed by atoms with Gasteiger partial charge >= 0.3 is 0 Å². The van der Waals surface area contributed by atoms with Crippen LogP contribution in [0.1, 0.15) is 41.5 Å². The van der Waals surface area contributed by atoms with E-state index in [4.69, 9.17) is 0 Å². The van der Waals surface area contributed by atoms with Gasteiger partial charge in [0.2, 0.25) is 0 Å². The van der Waals surface area contributed by atoms with Gasteiger partial charge in [-0.05, 0) is 130 Å². The molecule has 2 nitrogen and oxygen atoms in total. The summed E-state index contributed by atoms with van der Waals surface area (Å²) in [4.78, 5) is 0. The number of nitrogens with zero attached hydrogens (tertiary/aromatic N) is 2. The summed E-state index contributed by atoms with van der Waals surface area (Å²) < 4.78 is 5.02. The Balaban J connectivity index is 1.02. The normalized spacial score (nSPS) is 14.4. The van der Waals surface area contributed by atoms with E-state index >= 15 is 0 Å². The zero-order valence-electron chi connectivity index (χ0n) is 32.0. The molecule has 10 aromatic rings. The van der Waals surface area contributed by atoms with E-state index < -0.39 is 0 Å². The highest BCUT2D eigenvalue weighted by Crippen LogP contribution is 2.54. The van der Waals surface area contributed by atoms with Crippen molar-refractivity contribution in [3.63, 3.8) is 0 Å². The van der Waals surface area contributed by atoms with E-state index in [9.17, 15) is 0 Å². The first-order valence-electron chi connectivity index (χ1n) is 20.7. The van der Waals surface area contributed by atoms with Crippen LogP contribution in [0.15, 0.2) is 182 Å². The predicted octanol–water partition coefficient (Wildman–Crippen LogP) is 14.8. The highest BCUT2D eigenvalue weighted by Gasteiger charge is 2.33. The molecule has 0 saturated carbocycles. The molecular weight excluding hydrogens is 701 g/mol. The lowest BCUT2D eigenvalue weighted by molar-refractivity contribution is 0.991. The Hall–Kier alpha value is -7.16. The van der Waals surface area contributed by atoms with Crippen molar-refractivity contribution in [1.82, 2.24) is 9.13 Å². The average Bonchev–Trinajstić information content (AvgIpc) is 3.93. The van der Waals surface area contributed by atoms with Crippen LogP contribution in [0, 0.1) is 0 Å². The SMILES string of the molecule is C1=CCCC(c2cccc(-n3c4ccccc4c4cc(-c5ccc6c(c5)c5ccccc5n6-c5c6c7c(c8ccccc58)CCC=C7c5ccccc5-6)ccc43)c2)=C1. The molecule has 2 heteroatoms. The number of hydrogen-bond acceptors (Lipinski definition) is 0. The van der Waals surface area contributed by atoms with Crippen molar-refractivity contribution in [1.29, 1.82) is 0 Å². The minimum absolute atomic E-state index is 1.07. The first-order valence-corrected chi connectivity index (χ1v) is 20.7. The van der Waals surface area contributed by atoms with Crippen LogP contribution in [-0.2, 0) is 6.42 Å². The van der Waals surface area contributed by atoms with Crippen molar-refractivity contribution < 1.29 is 0 Å². The molecule has 58 heavy (non-hydrogen) atoms. The summed E-state index contributed by atoms with van der Waals surface area (Å²) in [6.45, 7) is 0. The summed E-state index contributed by atoms with van der Waals surface area (Å²) in [6.07, 6.45) is 13.5. The molecule has 0 bridgehead atoms. The Kier molecular flexibility index (Phi) is 6.71. The van der Waals surface area contributed by atoms with Gasteiger partial charge in [0.1, 0.15) is 0 Å². The second kappa shape index (κ2) is 12.2. The fraction of sp³-hybridized carbons (Fsp3) is 0.0714. The molecule has 272 valence electrons. The highest BCUT2D eigenvalue weighted by molar-refractivity contribution is 6.18. The van der Waals surface area contributed by atoms with Crippen LogP contribution in [0.25, 0.3) is 99.2 Å². The van der Waals surface area contributed by atoms with Gasteiger partial charge in [-0.25, -0.2) is 0 Å². The van der Waals surface area contributed by atoms with Gasteiger partial charge in [0.05, 0.1) is 27.8 Å². The second-order valence-electron chi connectivity index (χ2n) is 16.2. The van der Waals surface area contributed by atoms with Gasteiger partial charge in [-0.2, -0.15) is 0 Å². The van der Waals surface area contributed by atoms with E-state index in [1.165, 1.54) is 121 Å². The molecule has 8 aromatic carbocycles. The molecule has 0 atom stereocenters. The maximum atomic E-state index is 2.57. The van der Waals surface area contributed by atoms with Gasteiger partial charge in [0, 0.05) is 38.2 Å². The van der Waals surface area contributed by atoms with Crippen LogP contribution in [0.3, 0.4) is 0 Å². The first-order chi connectivity index (χ1) is 28.8. The highest BCUT2D eigenvalue weighted by atomic mass is 15.0. The van der Waals surface area contributed by atoms with Gasteiger partial charge in [0.15, 0.2) is 0 Å². The number of para-hydroxylation sites is 2. The maximum Gasteiger partial charge on any atom is 0.0625 e. The number of benzene rings is 8. The smallest absolute Gasteiger partial charge is 0.0625 e. The molecular formula is C56H38N2. The summed E-state index contributed by atoms with van der Waals surface area (Å²) in [7, 11) is 0. The lowest BCUT2D eigenvalue weighted by Crippen LogP contribution is -2.05. The van der Waals surface area contributed by atoms with E-state index in [-0.39, 0.29) is 0 Å². The van der Waals surface area contributed by atoms with E-state index in [0.717, 1.165) is 25.7 Å². The van der Waals surface area contributed by atoms with Crippen molar-refractivity contribution in [3.05, 3.63) is 204 Å². The second-order valence-corrected chi connectivity index (χ2v) is 16.2. The Morgan fingerprint density at radius 1 is 0.414 bits per heavy atom. The number of rotatable bonds is 4. The molecule has 13 rings (SSSR count). The number of aryl methyl sites for hydroxylation is 1. The minimum Gasteiger partial charge on any atom is -0.309 e. The summed E-state index contributed by atoms with van der Waals surface area (Å²) >= 11 is 0. The van der Waals surface area contributed by atoms with E-state index in [0.29, 0.717) is 0 Å². The largest absolute Gasteiger partial charge is 0.309 e.